The number of aromatic nitrogens is 2. The minimum absolute atomic E-state index is 0.0615. The molecule has 0 saturated carbocycles. The van der Waals surface area contributed by atoms with E-state index in [1.165, 1.54) is 17.5 Å². The molecule has 1 N–H and O–H groups in total. The van der Waals surface area contributed by atoms with Gasteiger partial charge < -0.3 is 10.2 Å². The summed E-state index contributed by atoms with van der Waals surface area (Å²) in [5.41, 5.74) is 0.814. The Morgan fingerprint density at radius 3 is 3.05 bits per heavy atom. The van der Waals surface area contributed by atoms with Gasteiger partial charge in [0.2, 0.25) is 0 Å². The molecule has 1 unspecified atom stereocenters. The number of nitrogens with one attached hydrogen (secondary N) is 1. The Kier molecular flexibility index (Phi) is 4.99. The van der Waals surface area contributed by atoms with Gasteiger partial charge in [-0.15, -0.1) is 0 Å². The molecule has 1 atom stereocenters. The molecule has 2 rings (SSSR count). The molecule has 0 amide bonds. The van der Waals surface area contributed by atoms with Crippen LogP contribution in [-0.4, -0.2) is 36.5 Å². The number of hydrogen-bond donors (Lipinski definition) is 1. The highest BCUT2D eigenvalue weighted by molar-refractivity contribution is 9.10. The molecule has 0 radical (unpaired) electrons. The highest BCUT2D eigenvalue weighted by Crippen LogP contribution is 2.22. The van der Waals surface area contributed by atoms with Gasteiger partial charge in [-0.25, -0.2) is 4.68 Å². The van der Waals surface area contributed by atoms with E-state index in [1.807, 2.05) is 14.0 Å². The number of aryl methyl sites for hydroxylation is 1. The third kappa shape index (κ3) is 3.36. The van der Waals surface area contributed by atoms with E-state index in [1.54, 1.807) is 6.20 Å². The van der Waals surface area contributed by atoms with Crippen LogP contribution in [0.25, 0.3) is 0 Å². The third-order valence-corrected chi connectivity index (χ3v) is 4.35. The van der Waals surface area contributed by atoms with Crippen LogP contribution >= 0.6 is 15.9 Å². The van der Waals surface area contributed by atoms with Crippen molar-refractivity contribution in [2.45, 2.75) is 26.3 Å². The molecule has 106 valence electrons. The van der Waals surface area contributed by atoms with Crippen LogP contribution in [0.2, 0.25) is 0 Å². The molecule has 19 heavy (non-hydrogen) atoms. The number of nitrogens with zero attached hydrogens (tertiary/aromatic N) is 3. The molecule has 0 bridgehead atoms. The molecule has 1 aliphatic rings. The van der Waals surface area contributed by atoms with Crippen molar-refractivity contribution in [3.05, 3.63) is 21.0 Å². The average Bonchev–Trinajstić information content (AvgIpc) is 2.42. The lowest BCUT2D eigenvalue weighted by Gasteiger charge is -2.29. The number of rotatable bonds is 4. The molecule has 1 aliphatic heterocycles. The van der Waals surface area contributed by atoms with Gasteiger partial charge in [-0.05, 0) is 54.7 Å². The van der Waals surface area contributed by atoms with Crippen LogP contribution in [0.5, 0.6) is 0 Å². The van der Waals surface area contributed by atoms with Gasteiger partial charge >= 0.3 is 0 Å². The van der Waals surface area contributed by atoms with Crippen LogP contribution in [0, 0.1) is 5.92 Å². The van der Waals surface area contributed by atoms with Crippen molar-refractivity contribution >= 4 is 21.6 Å². The summed E-state index contributed by atoms with van der Waals surface area (Å²) in [6.45, 7) is 5.63. The first-order valence-corrected chi connectivity index (χ1v) is 7.60. The maximum absolute atomic E-state index is 12.0. The van der Waals surface area contributed by atoms with Crippen LogP contribution in [0.3, 0.4) is 0 Å². The van der Waals surface area contributed by atoms with Gasteiger partial charge in [-0.3, -0.25) is 4.79 Å². The molecule has 1 fully saturated rings. The first-order chi connectivity index (χ1) is 9.13. The van der Waals surface area contributed by atoms with Crippen LogP contribution in [0.15, 0.2) is 15.5 Å². The second-order valence-electron chi connectivity index (χ2n) is 5.06. The lowest BCUT2D eigenvalue weighted by Crippen LogP contribution is -2.37. The lowest BCUT2D eigenvalue weighted by atomic mass is 9.99. The highest BCUT2D eigenvalue weighted by Gasteiger charge is 2.18. The summed E-state index contributed by atoms with van der Waals surface area (Å²) in [7, 11) is 2.02. The smallest absolute Gasteiger partial charge is 0.283 e. The Hall–Kier alpha value is -0.880. The summed E-state index contributed by atoms with van der Waals surface area (Å²) in [6, 6.07) is 0. The van der Waals surface area contributed by atoms with Crippen molar-refractivity contribution in [1.29, 1.82) is 0 Å². The Morgan fingerprint density at radius 2 is 2.42 bits per heavy atom. The zero-order valence-corrected chi connectivity index (χ0v) is 13.1. The first kappa shape index (κ1) is 14.5. The zero-order valence-electron chi connectivity index (χ0n) is 11.5. The zero-order chi connectivity index (χ0) is 13.8. The predicted octanol–water partition coefficient (Wildman–Crippen LogP) is 1.46. The largest absolute Gasteiger partial charge is 0.372 e. The van der Waals surface area contributed by atoms with Crippen molar-refractivity contribution in [2.24, 2.45) is 5.92 Å². The summed E-state index contributed by atoms with van der Waals surface area (Å²) in [4.78, 5) is 14.2. The molecule has 6 heteroatoms. The molecule has 1 aromatic rings. The maximum atomic E-state index is 12.0. The molecule has 0 aromatic carbocycles. The Labute approximate surface area is 122 Å². The molecule has 1 aromatic heterocycles. The van der Waals surface area contributed by atoms with E-state index in [0.29, 0.717) is 16.9 Å². The topological polar surface area (TPSA) is 50.2 Å². The van der Waals surface area contributed by atoms with Crippen molar-refractivity contribution < 1.29 is 0 Å². The summed E-state index contributed by atoms with van der Waals surface area (Å²) in [6.07, 6.45) is 4.25. The van der Waals surface area contributed by atoms with Gasteiger partial charge in [0.1, 0.15) is 4.47 Å². The third-order valence-electron chi connectivity index (χ3n) is 3.61. The van der Waals surface area contributed by atoms with E-state index in [0.717, 1.165) is 25.3 Å². The van der Waals surface area contributed by atoms with Crippen LogP contribution in [0.1, 0.15) is 19.8 Å². The number of piperidine rings is 1. The Morgan fingerprint density at radius 1 is 1.63 bits per heavy atom. The van der Waals surface area contributed by atoms with E-state index in [4.69, 9.17) is 0 Å². The fourth-order valence-corrected chi connectivity index (χ4v) is 3.12. The fourth-order valence-electron chi connectivity index (χ4n) is 2.51. The molecule has 5 nitrogen and oxygen atoms in total. The summed E-state index contributed by atoms with van der Waals surface area (Å²) in [5, 5.41) is 7.60. The van der Waals surface area contributed by atoms with Gasteiger partial charge in [0.15, 0.2) is 0 Å². The second kappa shape index (κ2) is 6.52. The highest BCUT2D eigenvalue weighted by atomic mass is 79.9. The number of hydrogen-bond acceptors (Lipinski definition) is 4. The fraction of sp³-hybridized carbons (Fsp3) is 0.692. The standard InChI is InChI=1S/C13H21BrN4O/c1-3-18-13(19)12(14)11(8-16-18)17(2)9-10-5-4-6-15-7-10/h8,10,15H,3-7,9H2,1-2H3. The van der Waals surface area contributed by atoms with E-state index in [9.17, 15) is 4.79 Å². The van der Waals surface area contributed by atoms with Crippen LogP contribution in [0.4, 0.5) is 5.69 Å². The monoisotopic (exact) mass is 328 g/mol. The molecular weight excluding hydrogens is 308 g/mol. The summed E-state index contributed by atoms with van der Waals surface area (Å²) in [5.74, 6) is 0.638. The van der Waals surface area contributed by atoms with Crippen molar-refractivity contribution in [3.63, 3.8) is 0 Å². The average molecular weight is 329 g/mol. The molecule has 1 saturated heterocycles. The van der Waals surface area contributed by atoms with Crippen molar-refractivity contribution in [3.8, 4) is 0 Å². The van der Waals surface area contributed by atoms with E-state index < -0.39 is 0 Å². The SMILES string of the molecule is CCn1ncc(N(C)CC2CCCNC2)c(Br)c1=O. The van der Waals surface area contributed by atoms with Crippen LogP contribution in [-0.2, 0) is 6.54 Å². The van der Waals surface area contributed by atoms with Gasteiger partial charge in [0, 0.05) is 20.1 Å². The second-order valence-corrected chi connectivity index (χ2v) is 5.85. The van der Waals surface area contributed by atoms with Gasteiger partial charge in [-0.2, -0.15) is 5.10 Å². The lowest BCUT2D eigenvalue weighted by molar-refractivity contribution is 0.381. The van der Waals surface area contributed by atoms with Crippen molar-refractivity contribution in [1.82, 2.24) is 15.1 Å². The summed E-state index contributed by atoms with van der Waals surface area (Å²) >= 11 is 3.41. The minimum Gasteiger partial charge on any atom is -0.372 e. The van der Waals surface area contributed by atoms with Gasteiger partial charge in [0.25, 0.3) is 5.56 Å². The van der Waals surface area contributed by atoms with Crippen LogP contribution < -0.4 is 15.8 Å². The minimum atomic E-state index is -0.0615. The van der Waals surface area contributed by atoms with Gasteiger partial charge in [-0.1, -0.05) is 0 Å². The predicted molar refractivity (Wildman–Crippen MR) is 80.7 cm³/mol. The van der Waals surface area contributed by atoms with E-state index >= 15 is 0 Å². The van der Waals surface area contributed by atoms with Gasteiger partial charge in [0.05, 0.1) is 11.9 Å². The number of halogens is 1. The maximum Gasteiger partial charge on any atom is 0.283 e. The van der Waals surface area contributed by atoms with Crippen molar-refractivity contribution in [2.75, 3.05) is 31.6 Å². The molecule has 0 spiro atoms. The van der Waals surface area contributed by atoms with E-state index in [2.05, 4.69) is 31.2 Å². The number of anilines is 1. The quantitative estimate of drug-likeness (QED) is 0.909. The molecular formula is C13H21BrN4O. The normalized spacial score (nSPS) is 19.4. The van der Waals surface area contributed by atoms with E-state index in [-0.39, 0.29) is 5.56 Å². The summed E-state index contributed by atoms with van der Waals surface area (Å²) < 4.78 is 2.07. The Bertz CT molecular complexity index is 482. The molecule has 0 aliphatic carbocycles. The molecule has 2 heterocycles. The first-order valence-electron chi connectivity index (χ1n) is 6.81. The Balaban J connectivity index is 2.12.